The maximum Gasteiger partial charge on any atom is 0.237 e. The van der Waals surface area contributed by atoms with Crippen molar-refractivity contribution >= 4 is 23.4 Å². The van der Waals surface area contributed by atoms with Crippen LogP contribution in [0.5, 0.6) is 0 Å². The number of carbonyl (C=O) groups is 1. The highest BCUT2D eigenvalue weighted by Gasteiger charge is 2.25. The quantitative estimate of drug-likeness (QED) is 0.402. The molecule has 0 saturated heterocycles. The van der Waals surface area contributed by atoms with Crippen molar-refractivity contribution in [2.45, 2.75) is 32.0 Å². The molecule has 7 nitrogen and oxygen atoms in total. The Balaban J connectivity index is 1.39. The molecule has 0 aliphatic carbocycles. The highest BCUT2D eigenvalue weighted by molar-refractivity contribution is 7.99. The number of nitrogens with zero attached hydrogens (tertiary/aromatic N) is 6. The molecule has 1 aliphatic rings. The summed E-state index contributed by atoms with van der Waals surface area (Å²) in [5.41, 5.74) is 6.31. The third-order valence-electron chi connectivity index (χ3n) is 5.94. The number of carbonyl (C=O) groups excluding carboxylic acids is 1. The van der Waals surface area contributed by atoms with Crippen molar-refractivity contribution in [3.8, 4) is 22.6 Å². The van der Waals surface area contributed by atoms with Gasteiger partial charge >= 0.3 is 0 Å². The zero-order valence-electron chi connectivity index (χ0n) is 19.0. The third-order valence-corrected chi connectivity index (χ3v) is 6.89. The number of rotatable bonds is 6. The molecule has 0 unspecified atom stereocenters. The van der Waals surface area contributed by atoms with E-state index in [1.54, 1.807) is 4.68 Å². The standard InChI is InChI=1S/C25H26N6OS/c1-4-30-24(20-15-29(3)28-23(20)19-11-9-17(2)10-12-19)26-27-25(30)33-16-22(32)31-14-13-18-7-5-6-8-21(18)31/h5-12,15H,4,13-14,16H2,1-3H3. The molecule has 2 aromatic carbocycles. The zero-order chi connectivity index (χ0) is 22.9. The SMILES string of the molecule is CCn1c(SCC(=O)N2CCc3ccccc32)nnc1-c1cn(C)nc1-c1ccc(C)cc1. The molecule has 1 aliphatic heterocycles. The maximum absolute atomic E-state index is 13.0. The summed E-state index contributed by atoms with van der Waals surface area (Å²) < 4.78 is 3.87. The predicted molar refractivity (Wildman–Crippen MR) is 131 cm³/mol. The number of benzene rings is 2. The Bertz CT molecular complexity index is 1310. The van der Waals surface area contributed by atoms with Crippen LogP contribution in [0.2, 0.25) is 0 Å². The first-order valence-electron chi connectivity index (χ1n) is 11.1. The van der Waals surface area contributed by atoms with Crippen molar-refractivity contribution in [2.24, 2.45) is 7.05 Å². The fourth-order valence-electron chi connectivity index (χ4n) is 4.26. The predicted octanol–water partition coefficient (Wildman–Crippen LogP) is 4.36. The number of aryl methyl sites for hydroxylation is 2. The number of hydrogen-bond donors (Lipinski definition) is 0. The molecule has 0 spiro atoms. The lowest BCUT2D eigenvalue weighted by atomic mass is 10.1. The van der Waals surface area contributed by atoms with Gasteiger partial charge in [0.25, 0.3) is 0 Å². The molecular weight excluding hydrogens is 432 g/mol. The summed E-state index contributed by atoms with van der Waals surface area (Å²) in [4.78, 5) is 14.8. The summed E-state index contributed by atoms with van der Waals surface area (Å²) >= 11 is 1.44. The Hall–Kier alpha value is -3.39. The van der Waals surface area contributed by atoms with E-state index >= 15 is 0 Å². The van der Waals surface area contributed by atoms with E-state index in [4.69, 9.17) is 0 Å². The van der Waals surface area contributed by atoms with Gasteiger partial charge in [-0.25, -0.2) is 0 Å². The second-order valence-corrected chi connectivity index (χ2v) is 9.14. The smallest absolute Gasteiger partial charge is 0.237 e. The molecule has 8 heteroatoms. The summed E-state index contributed by atoms with van der Waals surface area (Å²) in [7, 11) is 1.91. The van der Waals surface area contributed by atoms with Gasteiger partial charge in [-0.05, 0) is 31.9 Å². The van der Waals surface area contributed by atoms with Crippen LogP contribution < -0.4 is 4.90 Å². The van der Waals surface area contributed by atoms with Crippen LogP contribution in [0.3, 0.4) is 0 Å². The average Bonchev–Trinajstić information content (AvgIpc) is 3.54. The van der Waals surface area contributed by atoms with Gasteiger partial charge in [0, 0.05) is 37.6 Å². The molecule has 0 atom stereocenters. The average molecular weight is 459 g/mol. The lowest BCUT2D eigenvalue weighted by Crippen LogP contribution is -2.30. The van der Waals surface area contributed by atoms with Crippen LogP contribution in [-0.2, 0) is 24.8 Å². The fraction of sp³-hybridized carbons (Fsp3) is 0.280. The number of para-hydroxylation sites is 1. The van der Waals surface area contributed by atoms with Crippen molar-refractivity contribution < 1.29 is 4.79 Å². The Morgan fingerprint density at radius 2 is 1.88 bits per heavy atom. The summed E-state index contributed by atoms with van der Waals surface area (Å²) in [6.45, 7) is 5.58. The Kier molecular flexibility index (Phi) is 5.76. The van der Waals surface area contributed by atoms with E-state index in [0.29, 0.717) is 12.3 Å². The van der Waals surface area contributed by atoms with E-state index in [2.05, 4.69) is 64.0 Å². The Labute approximate surface area is 197 Å². The first-order chi connectivity index (χ1) is 16.0. The van der Waals surface area contributed by atoms with Gasteiger partial charge < -0.3 is 9.47 Å². The van der Waals surface area contributed by atoms with Crippen molar-refractivity contribution in [1.29, 1.82) is 0 Å². The number of fused-ring (bicyclic) bond motifs is 1. The van der Waals surface area contributed by atoms with Crippen molar-refractivity contribution in [3.63, 3.8) is 0 Å². The maximum atomic E-state index is 13.0. The van der Waals surface area contributed by atoms with Gasteiger partial charge in [-0.2, -0.15) is 5.10 Å². The van der Waals surface area contributed by atoms with Crippen LogP contribution in [0, 0.1) is 6.92 Å². The minimum absolute atomic E-state index is 0.0962. The molecule has 0 saturated carbocycles. The molecular formula is C25H26N6OS. The number of amides is 1. The van der Waals surface area contributed by atoms with E-state index in [9.17, 15) is 4.79 Å². The molecule has 168 valence electrons. The summed E-state index contributed by atoms with van der Waals surface area (Å²) in [5.74, 6) is 1.19. The monoisotopic (exact) mass is 458 g/mol. The molecule has 2 aromatic heterocycles. The van der Waals surface area contributed by atoms with Gasteiger partial charge in [0.15, 0.2) is 11.0 Å². The highest BCUT2D eigenvalue weighted by atomic mass is 32.2. The van der Waals surface area contributed by atoms with E-state index in [0.717, 1.165) is 46.5 Å². The van der Waals surface area contributed by atoms with Gasteiger partial charge in [0.05, 0.1) is 11.3 Å². The first kappa shape index (κ1) is 21.5. The molecule has 33 heavy (non-hydrogen) atoms. The van der Waals surface area contributed by atoms with Crippen LogP contribution in [0.4, 0.5) is 5.69 Å². The van der Waals surface area contributed by atoms with Gasteiger partial charge in [-0.15, -0.1) is 10.2 Å². The fourth-order valence-corrected chi connectivity index (χ4v) is 5.14. The molecule has 0 fully saturated rings. The molecule has 0 N–H and O–H groups in total. The molecule has 0 bridgehead atoms. The molecule has 4 aromatic rings. The van der Waals surface area contributed by atoms with Crippen LogP contribution >= 0.6 is 11.8 Å². The van der Waals surface area contributed by atoms with Crippen LogP contribution in [-0.4, -0.2) is 42.7 Å². The number of thioether (sulfide) groups is 1. The van der Waals surface area contributed by atoms with Gasteiger partial charge in [-0.3, -0.25) is 9.48 Å². The molecule has 0 radical (unpaired) electrons. The second-order valence-electron chi connectivity index (χ2n) is 8.19. The van der Waals surface area contributed by atoms with Crippen LogP contribution in [0.25, 0.3) is 22.6 Å². The second kappa shape index (κ2) is 8.86. The Morgan fingerprint density at radius 1 is 1.09 bits per heavy atom. The number of hydrogen-bond acceptors (Lipinski definition) is 5. The number of aromatic nitrogens is 5. The van der Waals surface area contributed by atoms with E-state index in [1.165, 1.54) is 22.9 Å². The molecule has 3 heterocycles. The third kappa shape index (κ3) is 4.06. The minimum Gasteiger partial charge on any atom is -0.311 e. The molecule has 1 amide bonds. The van der Waals surface area contributed by atoms with E-state index < -0.39 is 0 Å². The van der Waals surface area contributed by atoms with Crippen molar-refractivity contribution in [1.82, 2.24) is 24.5 Å². The normalized spacial score (nSPS) is 12.9. The number of anilines is 1. The Morgan fingerprint density at radius 3 is 2.67 bits per heavy atom. The van der Waals surface area contributed by atoms with Crippen molar-refractivity contribution in [3.05, 3.63) is 65.9 Å². The lowest BCUT2D eigenvalue weighted by Gasteiger charge is -2.17. The minimum atomic E-state index is 0.0962. The highest BCUT2D eigenvalue weighted by Crippen LogP contribution is 2.33. The summed E-state index contributed by atoms with van der Waals surface area (Å²) in [6.07, 6.45) is 2.89. The van der Waals surface area contributed by atoms with Gasteiger partial charge in [0.1, 0.15) is 5.69 Å². The van der Waals surface area contributed by atoms with E-state index in [-0.39, 0.29) is 5.91 Å². The van der Waals surface area contributed by atoms with Gasteiger partial charge in [-0.1, -0.05) is 59.8 Å². The van der Waals surface area contributed by atoms with Gasteiger partial charge in [0.2, 0.25) is 5.91 Å². The zero-order valence-corrected chi connectivity index (χ0v) is 19.8. The lowest BCUT2D eigenvalue weighted by molar-refractivity contribution is -0.116. The van der Waals surface area contributed by atoms with Crippen LogP contribution in [0.1, 0.15) is 18.1 Å². The van der Waals surface area contributed by atoms with E-state index in [1.807, 2.05) is 36.3 Å². The summed E-state index contributed by atoms with van der Waals surface area (Å²) in [6, 6.07) is 16.4. The first-order valence-corrected chi connectivity index (χ1v) is 12.1. The molecule has 5 rings (SSSR count). The van der Waals surface area contributed by atoms with Crippen molar-refractivity contribution in [2.75, 3.05) is 17.2 Å². The van der Waals surface area contributed by atoms with Crippen LogP contribution in [0.15, 0.2) is 59.9 Å². The topological polar surface area (TPSA) is 68.8 Å². The largest absolute Gasteiger partial charge is 0.311 e. The summed E-state index contributed by atoms with van der Waals surface area (Å²) in [5, 5.41) is 14.4.